The van der Waals surface area contributed by atoms with Crippen LogP contribution in [-0.2, 0) is 17.8 Å². The summed E-state index contributed by atoms with van der Waals surface area (Å²) in [5.74, 6) is 1.15. The fraction of sp³-hybridized carbons (Fsp3) is 0.684. The van der Waals surface area contributed by atoms with Gasteiger partial charge in [0.25, 0.3) is 0 Å². The van der Waals surface area contributed by atoms with Gasteiger partial charge in [-0.05, 0) is 43.2 Å². The summed E-state index contributed by atoms with van der Waals surface area (Å²) < 4.78 is 0. The fourth-order valence-corrected chi connectivity index (χ4v) is 4.29. The van der Waals surface area contributed by atoms with Gasteiger partial charge in [-0.25, -0.2) is 0 Å². The number of nitrogens with two attached hydrogens (primary N) is 1. The van der Waals surface area contributed by atoms with Crippen molar-refractivity contribution in [2.24, 2.45) is 11.7 Å². The van der Waals surface area contributed by atoms with Crippen molar-refractivity contribution in [1.29, 1.82) is 0 Å². The van der Waals surface area contributed by atoms with Crippen molar-refractivity contribution in [3.05, 3.63) is 29.6 Å². The van der Waals surface area contributed by atoms with Crippen LogP contribution >= 0.6 is 0 Å². The molecule has 0 spiro atoms. The molecule has 0 bridgehead atoms. The highest BCUT2D eigenvalue weighted by Crippen LogP contribution is 2.35. The van der Waals surface area contributed by atoms with Gasteiger partial charge in [-0.1, -0.05) is 6.07 Å². The molecule has 130 valence electrons. The second kappa shape index (κ2) is 6.81. The lowest BCUT2D eigenvalue weighted by atomic mass is 10.0. The third-order valence-electron chi connectivity index (χ3n) is 5.94. The van der Waals surface area contributed by atoms with Gasteiger partial charge in [0, 0.05) is 63.0 Å². The number of carbonyl (C=O) groups excluding carboxylic acids is 1. The summed E-state index contributed by atoms with van der Waals surface area (Å²) in [5, 5.41) is 0. The highest BCUT2D eigenvalue weighted by atomic mass is 16.2. The molecule has 0 aromatic carbocycles. The number of rotatable bonds is 5. The van der Waals surface area contributed by atoms with Crippen LogP contribution in [0.3, 0.4) is 0 Å². The predicted molar refractivity (Wildman–Crippen MR) is 93.3 cm³/mol. The fourth-order valence-electron chi connectivity index (χ4n) is 4.29. The van der Waals surface area contributed by atoms with Crippen LogP contribution in [0.25, 0.3) is 0 Å². The van der Waals surface area contributed by atoms with E-state index in [2.05, 4.69) is 16.0 Å². The average Bonchev–Trinajstić information content (AvgIpc) is 3.36. The van der Waals surface area contributed by atoms with Crippen molar-refractivity contribution in [1.82, 2.24) is 14.8 Å². The molecule has 3 heterocycles. The van der Waals surface area contributed by atoms with Gasteiger partial charge in [0.05, 0.1) is 0 Å². The molecular weight excluding hydrogens is 300 g/mol. The number of fused-ring (bicyclic) bond motifs is 1. The van der Waals surface area contributed by atoms with Gasteiger partial charge >= 0.3 is 0 Å². The highest BCUT2D eigenvalue weighted by molar-refractivity contribution is 5.77. The van der Waals surface area contributed by atoms with E-state index in [1.807, 2.05) is 17.2 Å². The van der Waals surface area contributed by atoms with E-state index in [4.69, 9.17) is 5.73 Å². The Kier molecular flexibility index (Phi) is 4.55. The molecule has 5 nitrogen and oxygen atoms in total. The first-order valence-corrected chi connectivity index (χ1v) is 9.41. The van der Waals surface area contributed by atoms with Crippen molar-refractivity contribution in [2.45, 2.75) is 57.2 Å². The maximum Gasteiger partial charge on any atom is 0.224 e. The monoisotopic (exact) mass is 328 g/mol. The number of aromatic nitrogens is 1. The van der Waals surface area contributed by atoms with Crippen molar-refractivity contribution in [3.8, 4) is 0 Å². The summed E-state index contributed by atoms with van der Waals surface area (Å²) in [7, 11) is 0. The predicted octanol–water partition coefficient (Wildman–Crippen LogP) is 1.56. The molecule has 1 saturated carbocycles. The zero-order valence-corrected chi connectivity index (χ0v) is 14.4. The molecule has 1 aromatic rings. The van der Waals surface area contributed by atoms with Crippen LogP contribution < -0.4 is 5.73 Å². The third kappa shape index (κ3) is 3.33. The summed E-state index contributed by atoms with van der Waals surface area (Å²) in [6.45, 7) is 3.39. The van der Waals surface area contributed by atoms with Crippen molar-refractivity contribution < 1.29 is 4.79 Å². The largest absolute Gasteiger partial charge is 0.338 e. The zero-order valence-electron chi connectivity index (χ0n) is 14.4. The number of hydrogen-bond acceptors (Lipinski definition) is 4. The van der Waals surface area contributed by atoms with Crippen LogP contribution in [0.15, 0.2) is 18.3 Å². The number of pyridine rings is 1. The second-order valence-electron chi connectivity index (χ2n) is 7.64. The van der Waals surface area contributed by atoms with Crippen LogP contribution in [0.4, 0.5) is 0 Å². The van der Waals surface area contributed by atoms with Crippen LogP contribution in [-0.4, -0.2) is 52.4 Å². The average molecular weight is 328 g/mol. The molecule has 0 radical (unpaired) electrons. The van der Waals surface area contributed by atoms with Crippen LogP contribution in [0, 0.1) is 5.92 Å². The second-order valence-corrected chi connectivity index (χ2v) is 7.64. The van der Waals surface area contributed by atoms with E-state index in [0.717, 1.165) is 57.1 Å². The molecule has 2 fully saturated rings. The maximum atomic E-state index is 12.9. The van der Waals surface area contributed by atoms with Crippen LogP contribution in [0.2, 0.25) is 0 Å². The van der Waals surface area contributed by atoms with E-state index < -0.39 is 0 Å². The van der Waals surface area contributed by atoms with E-state index in [0.29, 0.717) is 24.4 Å². The molecular formula is C19H28N4O. The number of amides is 1. The number of likely N-dealkylation sites (tertiary alicyclic amines) is 1. The van der Waals surface area contributed by atoms with E-state index in [1.54, 1.807) is 0 Å². The van der Waals surface area contributed by atoms with Gasteiger partial charge in [0.15, 0.2) is 0 Å². The first kappa shape index (κ1) is 16.0. The SMILES string of the molecule is NC[C@H]1CC[C@@H](CC(=O)N2CCc3ncccc3C2)N1CC1CC1. The first-order chi connectivity index (χ1) is 11.7. The van der Waals surface area contributed by atoms with E-state index >= 15 is 0 Å². The van der Waals surface area contributed by atoms with E-state index in [-0.39, 0.29) is 0 Å². The topological polar surface area (TPSA) is 62.5 Å². The normalized spacial score (nSPS) is 27.3. The van der Waals surface area contributed by atoms with Gasteiger partial charge in [-0.3, -0.25) is 14.7 Å². The minimum absolute atomic E-state index is 0.299. The summed E-state index contributed by atoms with van der Waals surface area (Å²) in [4.78, 5) is 21.9. The van der Waals surface area contributed by atoms with Gasteiger partial charge in [0.1, 0.15) is 0 Å². The molecule has 3 aliphatic rings. The molecule has 0 unspecified atom stereocenters. The quantitative estimate of drug-likeness (QED) is 0.891. The van der Waals surface area contributed by atoms with Crippen LogP contribution in [0.5, 0.6) is 0 Å². The first-order valence-electron chi connectivity index (χ1n) is 9.41. The standard InChI is InChI=1S/C19H28N4O/c20-11-17-6-5-16(23(17)12-14-3-4-14)10-19(24)22-9-7-18-15(13-22)2-1-8-21-18/h1-2,8,14,16-17H,3-7,9-13,20H2/t16-,17+/m0/s1. The molecule has 4 rings (SSSR count). The summed E-state index contributed by atoms with van der Waals surface area (Å²) in [6, 6.07) is 4.94. The molecule has 1 aromatic heterocycles. The highest BCUT2D eigenvalue weighted by Gasteiger charge is 2.38. The van der Waals surface area contributed by atoms with Gasteiger partial charge in [-0.15, -0.1) is 0 Å². The molecule has 1 amide bonds. The molecule has 2 N–H and O–H groups in total. The molecule has 1 aliphatic carbocycles. The molecule has 1 saturated heterocycles. The van der Waals surface area contributed by atoms with Gasteiger partial charge in [0.2, 0.25) is 5.91 Å². The van der Waals surface area contributed by atoms with E-state index in [1.165, 1.54) is 18.4 Å². The van der Waals surface area contributed by atoms with E-state index in [9.17, 15) is 4.79 Å². The Hall–Kier alpha value is -1.46. The summed E-state index contributed by atoms with van der Waals surface area (Å²) >= 11 is 0. The number of carbonyl (C=O) groups is 1. The molecule has 2 atom stereocenters. The minimum Gasteiger partial charge on any atom is -0.338 e. The Bertz CT molecular complexity index is 601. The number of nitrogens with zero attached hydrogens (tertiary/aromatic N) is 3. The maximum absolute atomic E-state index is 12.9. The van der Waals surface area contributed by atoms with Crippen LogP contribution in [0.1, 0.15) is 43.4 Å². The van der Waals surface area contributed by atoms with Crippen molar-refractivity contribution >= 4 is 5.91 Å². The van der Waals surface area contributed by atoms with Crippen molar-refractivity contribution in [2.75, 3.05) is 19.6 Å². The lowest BCUT2D eigenvalue weighted by Gasteiger charge is -2.33. The summed E-state index contributed by atoms with van der Waals surface area (Å²) in [6.07, 6.45) is 8.34. The Morgan fingerprint density at radius 2 is 2.08 bits per heavy atom. The third-order valence-corrected chi connectivity index (χ3v) is 5.94. The van der Waals surface area contributed by atoms with Crippen molar-refractivity contribution in [3.63, 3.8) is 0 Å². The summed E-state index contributed by atoms with van der Waals surface area (Å²) in [5.41, 5.74) is 8.33. The Morgan fingerprint density at radius 3 is 2.88 bits per heavy atom. The Labute approximate surface area is 144 Å². The number of hydrogen-bond donors (Lipinski definition) is 1. The Morgan fingerprint density at radius 1 is 1.25 bits per heavy atom. The van der Waals surface area contributed by atoms with Gasteiger partial charge < -0.3 is 10.6 Å². The zero-order chi connectivity index (χ0) is 16.5. The lowest BCUT2D eigenvalue weighted by molar-refractivity contribution is -0.133. The lowest BCUT2D eigenvalue weighted by Crippen LogP contribution is -2.44. The smallest absolute Gasteiger partial charge is 0.224 e. The minimum atomic E-state index is 0.299. The molecule has 24 heavy (non-hydrogen) atoms. The molecule has 5 heteroatoms. The van der Waals surface area contributed by atoms with Gasteiger partial charge in [-0.2, -0.15) is 0 Å². The Balaban J connectivity index is 1.38. The molecule has 2 aliphatic heterocycles.